The van der Waals surface area contributed by atoms with Crippen molar-refractivity contribution in [2.24, 2.45) is 0 Å². The number of nitrogens with zero attached hydrogens (tertiary/aromatic N) is 5. The van der Waals surface area contributed by atoms with Gasteiger partial charge in [0.05, 0.1) is 10.2 Å². The Hall–Kier alpha value is -3.11. The molecule has 2 N–H and O–H groups in total. The minimum absolute atomic E-state index is 0.0170. The lowest BCUT2D eigenvalue weighted by Gasteiger charge is -2.18. The van der Waals surface area contributed by atoms with Crippen molar-refractivity contribution in [3.63, 3.8) is 0 Å². The summed E-state index contributed by atoms with van der Waals surface area (Å²) in [7, 11) is 1.79. The normalized spacial score (nSPS) is 11.0. The van der Waals surface area contributed by atoms with Crippen molar-refractivity contribution in [1.29, 1.82) is 0 Å². The summed E-state index contributed by atoms with van der Waals surface area (Å²) in [6, 6.07) is 7.94. The minimum Gasteiger partial charge on any atom is -0.476 e. The molecule has 1 aromatic carbocycles. The highest BCUT2D eigenvalue weighted by Gasteiger charge is 2.19. The van der Waals surface area contributed by atoms with Crippen LogP contribution in [0.1, 0.15) is 21.6 Å². The maximum absolute atomic E-state index is 11.1. The van der Waals surface area contributed by atoms with E-state index in [4.69, 9.17) is 5.11 Å². The second-order valence-corrected chi connectivity index (χ2v) is 7.98. The fraction of sp³-hybridized carbons (Fsp3) is 0.167. The van der Waals surface area contributed by atoms with Crippen molar-refractivity contribution in [3.8, 4) is 0 Å². The molecule has 3 aromatic heterocycles. The predicted molar refractivity (Wildman–Crippen MR) is 112 cm³/mol. The van der Waals surface area contributed by atoms with Crippen LogP contribution in [0, 0.1) is 13.8 Å². The van der Waals surface area contributed by atoms with E-state index in [9.17, 15) is 4.79 Å². The molecule has 4 aromatic rings. The Labute approximate surface area is 168 Å². The van der Waals surface area contributed by atoms with Gasteiger partial charge in [-0.2, -0.15) is 0 Å². The maximum atomic E-state index is 11.1. The molecule has 0 radical (unpaired) electrons. The third kappa shape index (κ3) is 3.27. The van der Waals surface area contributed by atoms with Crippen LogP contribution in [0.5, 0.6) is 0 Å². The van der Waals surface area contributed by atoms with Crippen LogP contribution in [0.25, 0.3) is 10.2 Å². The van der Waals surface area contributed by atoms with Crippen LogP contribution in [0.3, 0.4) is 0 Å². The van der Waals surface area contributed by atoms with E-state index < -0.39 is 5.97 Å². The van der Waals surface area contributed by atoms with Gasteiger partial charge >= 0.3 is 5.97 Å². The number of carbonyl (C=O) groups is 1. The molecule has 4 rings (SSSR count). The first-order chi connectivity index (χ1) is 13.4. The topological polar surface area (TPSA) is 104 Å². The van der Waals surface area contributed by atoms with Crippen LogP contribution in [-0.4, -0.2) is 38.3 Å². The number of aromatic nitrogens is 4. The van der Waals surface area contributed by atoms with Gasteiger partial charge < -0.3 is 15.3 Å². The lowest BCUT2D eigenvalue weighted by Crippen LogP contribution is -2.15. The zero-order valence-electron chi connectivity index (χ0n) is 15.3. The summed E-state index contributed by atoms with van der Waals surface area (Å²) in [4.78, 5) is 21.5. The lowest BCUT2D eigenvalue weighted by molar-refractivity contribution is 0.0691. The third-order valence-electron chi connectivity index (χ3n) is 4.33. The zero-order chi connectivity index (χ0) is 19.8. The Balaban J connectivity index is 1.63. The largest absolute Gasteiger partial charge is 0.476 e. The molecule has 0 bridgehead atoms. The van der Waals surface area contributed by atoms with E-state index in [0.717, 1.165) is 26.5 Å². The van der Waals surface area contributed by atoms with Crippen LogP contribution < -0.4 is 10.2 Å². The molecule has 142 valence electrons. The summed E-state index contributed by atoms with van der Waals surface area (Å²) < 4.78 is 1.10. The van der Waals surface area contributed by atoms with Crippen molar-refractivity contribution >= 4 is 60.8 Å². The van der Waals surface area contributed by atoms with Crippen molar-refractivity contribution in [2.45, 2.75) is 13.8 Å². The molecule has 0 amide bonds. The van der Waals surface area contributed by atoms with E-state index in [-0.39, 0.29) is 5.69 Å². The van der Waals surface area contributed by atoms with Gasteiger partial charge in [0.25, 0.3) is 0 Å². The molecule has 0 saturated heterocycles. The summed E-state index contributed by atoms with van der Waals surface area (Å²) >= 11 is 2.80. The quantitative estimate of drug-likeness (QED) is 0.498. The first-order valence-electron chi connectivity index (χ1n) is 8.33. The number of benzene rings is 1. The molecule has 0 saturated carbocycles. The highest BCUT2D eigenvalue weighted by Crippen LogP contribution is 2.33. The smallest absolute Gasteiger partial charge is 0.355 e. The Morgan fingerprint density at radius 2 is 1.93 bits per heavy atom. The summed E-state index contributed by atoms with van der Waals surface area (Å²) in [6.45, 7) is 3.91. The summed E-state index contributed by atoms with van der Waals surface area (Å²) in [5, 5.41) is 23.8. The van der Waals surface area contributed by atoms with E-state index in [2.05, 4.69) is 25.5 Å². The Morgan fingerprint density at radius 1 is 1.14 bits per heavy atom. The predicted octanol–water partition coefficient (Wildman–Crippen LogP) is 4.37. The second kappa shape index (κ2) is 7.13. The molecule has 3 heterocycles. The average Bonchev–Trinajstić information content (AvgIpc) is 3.32. The number of thiazole rings is 2. The highest BCUT2D eigenvalue weighted by molar-refractivity contribution is 7.22. The first-order valence-corrected chi connectivity index (χ1v) is 10.0. The fourth-order valence-corrected chi connectivity index (χ4v) is 4.30. The van der Waals surface area contributed by atoms with Gasteiger partial charge in [0.15, 0.2) is 27.6 Å². The number of fused-ring (bicyclic) bond motifs is 1. The number of anilines is 4. The summed E-state index contributed by atoms with van der Waals surface area (Å²) in [5.41, 5.74) is 2.81. The van der Waals surface area contributed by atoms with Crippen LogP contribution in [-0.2, 0) is 0 Å². The SMILES string of the molecule is Cc1c(Nc2nc3ccccc3s2)nnc(N(C)c2nc(C(=O)O)cs2)c1C. The Morgan fingerprint density at radius 3 is 2.64 bits per heavy atom. The molecular formula is C18H16N6O2S2. The number of rotatable bonds is 5. The number of nitrogens with one attached hydrogen (secondary N) is 1. The standard InChI is InChI=1S/C18H16N6O2S2/c1-9-10(2)15(24(3)18-20-12(8-27-18)16(25)26)23-22-14(9)21-17-19-11-6-4-5-7-13(11)28-17/h4-8H,1-3H3,(H,25,26)(H,19,21,22). The van der Waals surface area contributed by atoms with Gasteiger partial charge in [0, 0.05) is 23.6 Å². The van der Waals surface area contributed by atoms with E-state index in [0.29, 0.717) is 16.8 Å². The number of hydrogen-bond donors (Lipinski definition) is 2. The molecule has 0 atom stereocenters. The molecule has 8 nitrogen and oxygen atoms in total. The van der Waals surface area contributed by atoms with E-state index in [1.165, 1.54) is 16.7 Å². The number of carboxylic acids is 1. The van der Waals surface area contributed by atoms with Crippen LogP contribution in [0.4, 0.5) is 21.9 Å². The molecule has 0 aliphatic rings. The number of carboxylic acid groups (broad SMARTS) is 1. The molecule has 10 heteroatoms. The van der Waals surface area contributed by atoms with Gasteiger partial charge in [-0.3, -0.25) is 0 Å². The molecule has 0 fully saturated rings. The molecule has 0 aliphatic heterocycles. The third-order valence-corrected chi connectivity index (χ3v) is 6.20. The number of hydrogen-bond acceptors (Lipinski definition) is 9. The van der Waals surface area contributed by atoms with E-state index in [1.54, 1.807) is 23.3 Å². The average molecular weight is 413 g/mol. The van der Waals surface area contributed by atoms with Crippen molar-refractivity contribution in [2.75, 3.05) is 17.3 Å². The number of aromatic carboxylic acids is 1. The molecule has 0 aliphatic carbocycles. The van der Waals surface area contributed by atoms with Gasteiger partial charge in [0.2, 0.25) is 0 Å². The van der Waals surface area contributed by atoms with Gasteiger partial charge in [0.1, 0.15) is 0 Å². The zero-order valence-corrected chi connectivity index (χ0v) is 16.9. The minimum atomic E-state index is -1.05. The molecular weight excluding hydrogens is 396 g/mol. The fourth-order valence-electron chi connectivity index (χ4n) is 2.66. The Bertz CT molecular complexity index is 1150. The van der Waals surface area contributed by atoms with Crippen LogP contribution in [0.15, 0.2) is 29.6 Å². The van der Waals surface area contributed by atoms with Crippen molar-refractivity contribution in [3.05, 3.63) is 46.5 Å². The highest BCUT2D eigenvalue weighted by atomic mass is 32.1. The molecule has 28 heavy (non-hydrogen) atoms. The van der Waals surface area contributed by atoms with Gasteiger partial charge in [-0.25, -0.2) is 14.8 Å². The monoisotopic (exact) mass is 412 g/mol. The lowest BCUT2D eigenvalue weighted by atomic mass is 10.1. The van der Waals surface area contributed by atoms with Gasteiger partial charge in [-0.15, -0.1) is 21.5 Å². The van der Waals surface area contributed by atoms with Crippen LogP contribution in [0.2, 0.25) is 0 Å². The summed E-state index contributed by atoms with van der Waals surface area (Å²) in [5.74, 6) is 0.211. The molecule has 0 unspecified atom stereocenters. The molecule has 0 spiro atoms. The van der Waals surface area contributed by atoms with Crippen LogP contribution >= 0.6 is 22.7 Å². The van der Waals surface area contributed by atoms with E-state index >= 15 is 0 Å². The van der Waals surface area contributed by atoms with Gasteiger partial charge in [-0.05, 0) is 26.0 Å². The summed E-state index contributed by atoms with van der Waals surface area (Å²) in [6.07, 6.45) is 0. The second-order valence-electron chi connectivity index (χ2n) is 6.11. The van der Waals surface area contributed by atoms with Crippen molar-refractivity contribution < 1.29 is 9.90 Å². The van der Waals surface area contributed by atoms with E-state index in [1.807, 2.05) is 38.1 Å². The Kier molecular flexibility index (Phi) is 4.65. The van der Waals surface area contributed by atoms with Gasteiger partial charge in [-0.1, -0.05) is 23.5 Å². The van der Waals surface area contributed by atoms with Crippen molar-refractivity contribution in [1.82, 2.24) is 20.2 Å². The maximum Gasteiger partial charge on any atom is 0.355 e. The first kappa shape index (κ1) is 18.3. The number of para-hydroxylation sites is 1.